The summed E-state index contributed by atoms with van der Waals surface area (Å²) in [7, 11) is 0. The Morgan fingerprint density at radius 3 is 2.50 bits per heavy atom. The minimum Gasteiger partial charge on any atom is -0.310 e. The molecule has 20 heavy (non-hydrogen) atoms. The maximum atomic E-state index is 6.39. The van der Waals surface area contributed by atoms with Gasteiger partial charge < -0.3 is 5.32 Å². The fraction of sp³-hybridized carbons (Fsp3) is 0.353. The van der Waals surface area contributed by atoms with Crippen LogP contribution >= 0.6 is 11.6 Å². The predicted molar refractivity (Wildman–Crippen MR) is 85.3 cm³/mol. The number of benzene rings is 1. The highest BCUT2D eigenvalue weighted by Crippen LogP contribution is 2.26. The molecule has 0 amide bonds. The molecule has 1 N–H and O–H groups in total. The molecule has 2 rings (SSSR count). The first-order valence-electron chi connectivity index (χ1n) is 7.01. The number of halogens is 1. The first-order valence-corrected chi connectivity index (χ1v) is 7.39. The van der Waals surface area contributed by atoms with Crippen LogP contribution in [0.2, 0.25) is 5.02 Å². The summed E-state index contributed by atoms with van der Waals surface area (Å²) in [6.07, 6.45) is 2.76. The van der Waals surface area contributed by atoms with Crippen molar-refractivity contribution in [3.8, 4) is 0 Å². The number of rotatable bonds is 5. The summed E-state index contributed by atoms with van der Waals surface area (Å²) in [5.74, 6) is 0. The molecular formula is C17H21ClN2. The zero-order valence-electron chi connectivity index (χ0n) is 12.3. The third kappa shape index (κ3) is 3.81. The van der Waals surface area contributed by atoms with Crippen LogP contribution in [0.4, 0.5) is 0 Å². The molecule has 1 atom stereocenters. The molecule has 2 aromatic rings. The van der Waals surface area contributed by atoms with Crippen LogP contribution in [0.1, 0.15) is 35.3 Å². The summed E-state index contributed by atoms with van der Waals surface area (Å²) >= 11 is 6.39. The Morgan fingerprint density at radius 2 is 1.90 bits per heavy atom. The SMILES string of the molecule is CCNC(Cc1ccc(C)cn1)c1ccc(C)cc1Cl. The highest BCUT2D eigenvalue weighted by molar-refractivity contribution is 6.31. The number of aryl methyl sites for hydroxylation is 2. The molecule has 0 aliphatic rings. The van der Waals surface area contributed by atoms with Gasteiger partial charge in [0.25, 0.3) is 0 Å². The van der Waals surface area contributed by atoms with Gasteiger partial charge in [0.1, 0.15) is 0 Å². The van der Waals surface area contributed by atoms with Gasteiger partial charge in [-0.25, -0.2) is 0 Å². The van der Waals surface area contributed by atoms with Gasteiger partial charge >= 0.3 is 0 Å². The van der Waals surface area contributed by atoms with Crippen molar-refractivity contribution in [1.82, 2.24) is 10.3 Å². The predicted octanol–water partition coefficient (Wildman–Crippen LogP) is 4.25. The maximum absolute atomic E-state index is 6.39. The molecule has 1 aromatic carbocycles. The van der Waals surface area contributed by atoms with E-state index in [1.807, 2.05) is 12.3 Å². The zero-order valence-corrected chi connectivity index (χ0v) is 13.0. The van der Waals surface area contributed by atoms with Crippen LogP contribution in [0.3, 0.4) is 0 Å². The van der Waals surface area contributed by atoms with Crippen LogP contribution < -0.4 is 5.32 Å². The van der Waals surface area contributed by atoms with E-state index in [-0.39, 0.29) is 6.04 Å². The normalized spacial score (nSPS) is 12.4. The van der Waals surface area contributed by atoms with Gasteiger partial charge in [0.2, 0.25) is 0 Å². The zero-order chi connectivity index (χ0) is 14.5. The Balaban J connectivity index is 2.24. The molecular weight excluding hydrogens is 268 g/mol. The third-order valence-electron chi connectivity index (χ3n) is 3.37. The van der Waals surface area contributed by atoms with Gasteiger partial charge in [-0.05, 0) is 49.2 Å². The summed E-state index contributed by atoms with van der Waals surface area (Å²) < 4.78 is 0. The van der Waals surface area contributed by atoms with Crippen LogP contribution in [-0.4, -0.2) is 11.5 Å². The second-order valence-corrected chi connectivity index (χ2v) is 5.57. The maximum Gasteiger partial charge on any atom is 0.0456 e. The first kappa shape index (κ1) is 15.0. The number of likely N-dealkylation sites (N-methyl/N-ethyl adjacent to an activating group) is 1. The number of pyridine rings is 1. The Labute approximate surface area is 126 Å². The Hall–Kier alpha value is -1.38. The van der Waals surface area contributed by atoms with Gasteiger partial charge in [-0.2, -0.15) is 0 Å². The van der Waals surface area contributed by atoms with Gasteiger partial charge in [-0.1, -0.05) is 36.7 Å². The average molecular weight is 289 g/mol. The lowest BCUT2D eigenvalue weighted by Crippen LogP contribution is -2.23. The van der Waals surface area contributed by atoms with Crippen molar-refractivity contribution in [3.05, 3.63) is 63.9 Å². The topological polar surface area (TPSA) is 24.9 Å². The molecule has 1 heterocycles. The fourth-order valence-corrected chi connectivity index (χ4v) is 2.65. The van der Waals surface area contributed by atoms with E-state index in [9.17, 15) is 0 Å². The highest BCUT2D eigenvalue weighted by Gasteiger charge is 2.15. The molecule has 0 fully saturated rings. The van der Waals surface area contributed by atoms with E-state index in [0.717, 1.165) is 29.2 Å². The smallest absolute Gasteiger partial charge is 0.0456 e. The summed E-state index contributed by atoms with van der Waals surface area (Å²) in [4.78, 5) is 4.49. The van der Waals surface area contributed by atoms with Crippen molar-refractivity contribution in [2.45, 2.75) is 33.2 Å². The van der Waals surface area contributed by atoms with E-state index in [1.54, 1.807) is 0 Å². The van der Waals surface area contributed by atoms with Crippen molar-refractivity contribution in [1.29, 1.82) is 0 Å². The molecule has 0 bridgehead atoms. The van der Waals surface area contributed by atoms with Gasteiger partial charge in [-0.15, -0.1) is 0 Å². The number of nitrogens with zero attached hydrogens (tertiary/aromatic N) is 1. The average Bonchev–Trinajstić information content (AvgIpc) is 2.41. The molecule has 0 aliphatic heterocycles. The van der Waals surface area contributed by atoms with Crippen molar-refractivity contribution in [2.75, 3.05) is 6.54 Å². The van der Waals surface area contributed by atoms with Crippen molar-refractivity contribution in [3.63, 3.8) is 0 Å². The quantitative estimate of drug-likeness (QED) is 0.890. The standard InChI is InChI=1S/C17H21ClN2/c1-4-19-17(10-14-7-5-13(3)11-20-14)15-8-6-12(2)9-16(15)18/h5-9,11,17,19H,4,10H2,1-3H3. The number of nitrogens with one attached hydrogen (secondary N) is 1. The summed E-state index contributed by atoms with van der Waals surface area (Å²) in [5, 5.41) is 4.32. The van der Waals surface area contributed by atoms with Crippen LogP contribution in [0.15, 0.2) is 36.5 Å². The summed E-state index contributed by atoms with van der Waals surface area (Å²) in [5.41, 5.74) is 4.59. The molecule has 1 aromatic heterocycles. The van der Waals surface area contributed by atoms with E-state index in [4.69, 9.17) is 11.6 Å². The highest BCUT2D eigenvalue weighted by atomic mass is 35.5. The molecule has 3 heteroatoms. The van der Waals surface area contributed by atoms with E-state index in [1.165, 1.54) is 11.1 Å². The van der Waals surface area contributed by atoms with Gasteiger partial charge in [-0.3, -0.25) is 4.98 Å². The second-order valence-electron chi connectivity index (χ2n) is 5.17. The van der Waals surface area contributed by atoms with Crippen molar-refractivity contribution < 1.29 is 0 Å². The van der Waals surface area contributed by atoms with Gasteiger partial charge in [0, 0.05) is 29.4 Å². The third-order valence-corrected chi connectivity index (χ3v) is 3.70. The summed E-state index contributed by atoms with van der Waals surface area (Å²) in [6.45, 7) is 7.12. The van der Waals surface area contributed by atoms with Crippen molar-refractivity contribution >= 4 is 11.6 Å². The monoisotopic (exact) mass is 288 g/mol. The molecule has 0 spiro atoms. The number of aromatic nitrogens is 1. The lowest BCUT2D eigenvalue weighted by Gasteiger charge is -2.19. The lowest BCUT2D eigenvalue weighted by atomic mass is 10.00. The lowest BCUT2D eigenvalue weighted by molar-refractivity contribution is 0.544. The first-order chi connectivity index (χ1) is 9.60. The van der Waals surface area contributed by atoms with E-state index in [0.29, 0.717) is 0 Å². The molecule has 0 saturated heterocycles. The largest absolute Gasteiger partial charge is 0.310 e. The van der Waals surface area contributed by atoms with Crippen LogP contribution in [0, 0.1) is 13.8 Å². The van der Waals surface area contributed by atoms with Crippen LogP contribution in [-0.2, 0) is 6.42 Å². The molecule has 2 nitrogen and oxygen atoms in total. The van der Waals surface area contributed by atoms with Gasteiger partial charge in [0.15, 0.2) is 0 Å². The molecule has 0 saturated carbocycles. The second kappa shape index (κ2) is 6.87. The Kier molecular flexibility index (Phi) is 5.16. The molecule has 0 radical (unpaired) electrons. The molecule has 0 aliphatic carbocycles. The summed E-state index contributed by atoms with van der Waals surface area (Å²) in [6, 6.07) is 10.6. The molecule has 1 unspecified atom stereocenters. The fourth-order valence-electron chi connectivity index (χ4n) is 2.28. The molecule has 106 valence electrons. The van der Waals surface area contributed by atoms with Gasteiger partial charge in [0.05, 0.1) is 0 Å². The van der Waals surface area contributed by atoms with E-state index < -0.39 is 0 Å². The number of hydrogen-bond donors (Lipinski definition) is 1. The minimum atomic E-state index is 0.198. The van der Waals surface area contributed by atoms with Crippen molar-refractivity contribution in [2.24, 2.45) is 0 Å². The Morgan fingerprint density at radius 1 is 1.15 bits per heavy atom. The number of hydrogen-bond acceptors (Lipinski definition) is 2. The minimum absolute atomic E-state index is 0.198. The Bertz CT molecular complexity index is 564. The van der Waals surface area contributed by atoms with Crippen LogP contribution in [0.25, 0.3) is 0 Å². The van der Waals surface area contributed by atoms with E-state index in [2.05, 4.69) is 55.3 Å². The van der Waals surface area contributed by atoms with E-state index >= 15 is 0 Å². The van der Waals surface area contributed by atoms with Crippen LogP contribution in [0.5, 0.6) is 0 Å².